The third-order valence-corrected chi connectivity index (χ3v) is 4.04. The zero-order chi connectivity index (χ0) is 16.8. The first kappa shape index (κ1) is 17.5. The minimum absolute atomic E-state index is 0.126. The minimum Gasteiger partial charge on any atom is -0.483 e. The summed E-state index contributed by atoms with van der Waals surface area (Å²) in [6.45, 7) is 1.68. The average molecular weight is 441 g/mol. The van der Waals surface area contributed by atoms with E-state index in [0.29, 0.717) is 17.1 Å². The predicted octanol–water partition coefficient (Wildman–Crippen LogP) is 3.71. The van der Waals surface area contributed by atoms with Gasteiger partial charge in [0.05, 0.1) is 10.2 Å². The highest BCUT2D eigenvalue weighted by molar-refractivity contribution is 9.11. The van der Waals surface area contributed by atoms with Gasteiger partial charge in [0, 0.05) is 10.2 Å². The number of hydrazone groups is 1. The van der Waals surface area contributed by atoms with Gasteiger partial charge < -0.3 is 10.5 Å². The Balaban J connectivity index is 1.89. The van der Waals surface area contributed by atoms with E-state index in [9.17, 15) is 4.79 Å². The topological polar surface area (TPSA) is 76.7 Å². The molecule has 0 saturated heterocycles. The first-order valence-electron chi connectivity index (χ1n) is 6.72. The van der Waals surface area contributed by atoms with Gasteiger partial charge in [-0.3, -0.25) is 4.79 Å². The number of nitrogens with one attached hydrogen (secondary N) is 1. The van der Waals surface area contributed by atoms with Gasteiger partial charge in [0.25, 0.3) is 5.91 Å². The van der Waals surface area contributed by atoms with Crippen molar-refractivity contribution >= 4 is 49.2 Å². The fraction of sp³-hybridized carbons (Fsp3) is 0.125. The maximum Gasteiger partial charge on any atom is 0.277 e. The number of nitrogen functional groups attached to an aromatic ring is 1. The number of carbonyl (C=O) groups excluding carboxylic acids is 1. The van der Waals surface area contributed by atoms with Gasteiger partial charge in [-0.05, 0) is 58.7 Å². The molecule has 0 aliphatic carbocycles. The van der Waals surface area contributed by atoms with E-state index in [4.69, 9.17) is 10.5 Å². The SMILES string of the molecule is C/C(=N\NC(=O)COc1ccc(Br)cc1Br)c1ccc(N)cc1. The lowest BCUT2D eigenvalue weighted by Crippen LogP contribution is -2.25. The van der Waals surface area contributed by atoms with Gasteiger partial charge in [0.2, 0.25) is 0 Å². The van der Waals surface area contributed by atoms with E-state index >= 15 is 0 Å². The maximum atomic E-state index is 11.8. The van der Waals surface area contributed by atoms with Crippen LogP contribution in [0, 0.1) is 0 Å². The molecule has 2 aromatic carbocycles. The molecule has 0 heterocycles. The summed E-state index contributed by atoms with van der Waals surface area (Å²) in [5, 5.41) is 4.05. The zero-order valence-corrected chi connectivity index (χ0v) is 15.5. The Morgan fingerprint density at radius 2 is 1.91 bits per heavy atom. The number of hydrogen-bond acceptors (Lipinski definition) is 4. The number of anilines is 1. The van der Waals surface area contributed by atoms with Gasteiger partial charge in [-0.15, -0.1) is 0 Å². The number of amides is 1. The summed E-state index contributed by atoms with van der Waals surface area (Å²) in [5.41, 5.74) is 10.3. The fourth-order valence-electron chi connectivity index (χ4n) is 1.70. The van der Waals surface area contributed by atoms with Crippen molar-refractivity contribution in [2.24, 2.45) is 5.10 Å². The zero-order valence-electron chi connectivity index (χ0n) is 12.3. The van der Waals surface area contributed by atoms with E-state index in [-0.39, 0.29) is 12.5 Å². The number of nitrogens with zero attached hydrogens (tertiary/aromatic N) is 1. The van der Waals surface area contributed by atoms with Crippen molar-refractivity contribution in [1.29, 1.82) is 0 Å². The summed E-state index contributed by atoms with van der Waals surface area (Å²) < 4.78 is 7.13. The highest BCUT2D eigenvalue weighted by Gasteiger charge is 2.06. The Bertz CT molecular complexity index is 731. The average Bonchev–Trinajstić information content (AvgIpc) is 2.52. The molecular weight excluding hydrogens is 426 g/mol. The van der Waals surface area contributed by atoms with E-state index in [1.165, 1.54) is 0 Å². The van der Waals surface area contributed by atoms with E-state index < -0.39 is 0 Å². The number of hydrogen-bond donors (Lipinski definition) is 2. The van der Waals surface area contributed by atoms with Crippen molar-refractivity contribution < 1.29 is 9.53 Å². The Morgan fingerprint density at radius 3 is 2.57 bits per heavy atom. The Hall–Kier alpha value is -1.86. The number of halogens is 2. The fourth-order valence-corrected chi connectivity index (χ4v) is 2.86. The smallest absolute Gasteiger partial charge is 0.277 e. The first-order chi connectivity index (χ1) is 11.0. The molecule has 1 amide bonds. The van der Waals surface area contributed by atoms with Gasteiger partial charge in [-0.1, -0.05) is 28.1 Å². The molecule has 2 rings (SSSR count). The highest BCUT2D eigenvalue weighted by Crippen LogP contribution is 2.28. The quantitative estimate of drug-likeness (QED) is 0.422. The molecule has 3 N–H and O–H groups in total. The normalized spacial score (nSPS) is 11.2. The van der Waals surface area contributed by atoms with Crippen LogP contribution in [0.4, 0.5) is 5.69 Å². The Morgan fingerprint density at radius 1 is 1.22 bits per heavy atom. The maximum absolute atomic E-state index is 11.8. The second-order valence-corrected chi connectivity index (χ2v) is 6.49. The van der Waals surface area contributed by atoms with Crippen molar-refractivity contribution in [3.63, 3.8) is 0 Å². The monoisotopic (exact) mass is 439 g/mol. The molecule has 0 aromatic heterocycles. The summed E-state index contributed by atoms with van der Waals surface area (Å²) >= 11 is 6.72. The molecule has 23 heavy (non-hydrogen) atoms. The van der Waals surface area contributed by atoms with E-state index in [2.05, 4.69) is 42.4 Å². The van der Waals surface area contributed by atoms with E-state index in [1.807, 2.05) is 24.3 Å². The Kier molecular flexibility index (Phi) is 6.18. The number of carbonyl (C=O) groups is 1. The van der Waals surface area contributed by atoms with Crippen molar-refractivity contribution in [3.8, 4) is 5.75 Å². The molecule has 2 aromatic rings. The third kappa shape index (κ3) is 5.37. The first-order valence-corrected chi connectivity index (χ1v) is 8.31. The second-order valence-electron chi connectivity index (χ2n) is 4.72. The molecule has 0 atom stereocenters. The standard InChI is InChI=1S/C16H15Br2N3O2/c1-10(11-2-5-13(19)6-3-11)20-21-16(22)9-23-15-7-4-12(17)8-14(15)18/h2-8H,9,19H2,1H3,(H,21,22)/b20-10+. The lowest BCUT2D eigenvalue weighted by atomic mass is 10.1. The van der Waals surface area contributed by atoms with Crippen LogP contribution in [-0.2, 0) is 4.79 Å². The molecule has 7 heteroatoms. The summed E-state index contributed by atoms with van der Waals surface area (Å²) in [5.74, 6) is 0.247. The van der Waals surface area contributed by atoms with Crippen LogP contribution < -0.4 is 15.9 Å². The van der Waals surface area contributed by atoms with Crippen LogP contribution in [0.25, 0.3) is 0 Å². The second kappa shape index (κ2) is 8.12. The summed E-state index contributed by atoms with van der Waals surface area (Å²) in [6, 6.07) is 12.7. The van der Waals surface area contributed by atoms with Crippen LogP contribution >= 0.6 is 31.9 Å². The van der Waals surface area contributed by atoms with Crippen LogP contribution in [0.15, 0.2) is 56.5 Å². The molecule has 0 saturated carbocycles. The number of rotatable bonds is 5. The van der Waals surface area contributed by atoms with Crippen LogP contribution in [0.3, 0.4) is 0 Å². The highest BCUT2D eigenvalue weighted by atomic mass is 79.9. The molecule has 0 unspecified atom stereocenters. The van der Waals surface area contributed by atoms with Crippen LogP contribution in [0.5, 0.6) is 5.75 Å². The van der Waals surface area contributed by atoms with Gasteiger partial charge in [-0.25, -0.2) is 5.43 Å². The van der Waals surface area contributed by atoms with E-state index in [0.717, 1.165) is 14.5 Å². The van der Waals surface area contributed by atoms with Crippen molar-refractivity contribution in [2.75, 3.05) is 12.3 Å². The van der Waals surface area contributed by atoms with Crippen LogP contribution in [0.2, 0.25) is 0 Å². The molecule has 120 valence electrons. The Labute approximate surface area is 151 Å². The molecule has 0 spiro atoms. The van der Waals surface area contributed by atoms with Gasteiger partial charge >= 0.3 is 0 Å². The molecule has 0 aliphatic rings. The lowest BCUT2D eigenvalue weighted by Gasteiger charge is -2.08. The number of nitrogens with two attached hydrogens (primary N) is 1. The number of ether oxygens (including phenoxy) is 1. The third-order valence-electron chi connectivity index (χ3n) is 2.93. The predicted molar refractivity (Wildman–Crippen MR) is 98.5 cm³/mol. The minimum atomic E-state index is -0.338. The van der Waals surface area contributed by atoms with Crippen molar-refractivity contribution in [1.82, 2.24) is 5.43 Å². The molecule has 0 fully saturated rings. The summed E-state index contributed by atoms with van der Waals surface area (Å²) in [7, 11) is 0. The van der Waals surface area contributed by atoms with Crippen molar-refractivity contribution in [3.05, 3.63) is 57.0 Å². The lowest BCUT2D eigenvalue weighted by molar-refractivity contribution is -0.123. The number of benzene rings is 2. The molecule has 5 nitrogen and oxygen atoms in total. The van der Waals surface area contributed by atoms with Crippen molar-refractivity contribution in [2.45, 2.75) is 6.92 Å². The molecule has 0 bridgehead atoms. The van der Waals surface area contributed by atoms with Gasteiger partial charge in [-0.2, -0.15) is 5.10 Å². The summed E-state index contributed by atoms with van der Waals surface area (Å²) in [6.07, 6.45) is 0. The molecule has 0 radical (unpaired) electrons. The van der Waals surface area contributed by atoms with Crippen LogP contribution in [0.1, 0.15) is 12.5 Å². The largest absolute Gasteiger partial charge is 0.483 e. The van der Waals surface area contributed by atoms with Gasteiger partial charge in [0.1, 0.15) is 5.75 Å². The summed E-state index contributed by atoms with van der Waals surface area (Å²) in [4.78, 5) is 11.8. The van der Waals surface area contributed by atoms with Gasteiger partial charge in [0.15, 0.2) is 6.61 Å². The van der Waals surface area contributed by atoms with Crippen LogP contribution in [-0.4, -0.2) is 18.2 Å². The van der Waals surface area contributed by atoms with E-state index in [1.54, 1.807) is 25.1 Å². The molecule has 0 aliphatic heterocycles. The molecular formula is C16H15Br2N3O2.